The van der Waals surface area contributed by atoms with Gasteiger partial charge in [-0.05, 0) is 64.9 Å². The summed E-state index contributed by atoms with van der Waals surface area (Å²) in [6, 6.07) is 26.0. The lowest BCUT2D eigenvalue weighted by molar-refractivity contribution is 0.0737. The van der Waals surface area contributed by atoms with Crippen LogP contribution in [0.15, 0.2) is 78.9 Å². The van der Waals surface area contributed by atoms with Gasteiger partial charge in [0.15, 0.2) is 0 Å². The molecule has 0 saturated heterocycles. The van der Waals surface area contributed by atoms with Crippen LogP contribution in [0.2, 0.25) is 0 Å². The standard InChI is InChI=1S/C25H22O2/c1-2-3-7-18-12-14-19(15-13-18)25(26)27-24-11-6-10-22-16-20-8-4-5-9-21(20)17-23(22)24/h4-6,8-17H,2-3,7H2,1H3. The van der Waals surface area contributed by atoms with Crippen LogP contribution in [0.5, 0.6) is 5.75 Å². The molecule has 0 unspecified atom stereocenters. The van der Waals surface area contributed by atoms with Crippen molar-refractivity contribution in [2.45, 2.75) is 26.2 Å². The second kappa shape index (κ2) is 7.63. The Morgan fingerprint density at radius 2 is 1.52 bits per heavy atom. The van der Waals surface area contributed by atoms with E-state index in [-0.39, 0.29) is 5.97 Å². The summed E-state index contributed by atoms with van der Waals surface area (Å²) in [6.07, 6.45) is 3.37. The number of benzene rings is 4. The van der Waals surface area contributed by atoms with Crippen LogP contribution in [0, 0.1) is 0 Å². The summed E-state index contributed by atoms with van der Waals surface area (Å²) in [5.41, 5.74) is 1.83. The molecule has 0 N–H and O–H groups in total. The maximum atomic E-state index is 12.6. The first-order valence-corrected chi connectivity index (χ1v) is 9.47. The van der Waals surface area contributed by atoms with Crippen molar-refractivity contribution in [2.75, 3.05) is 0 Å². The van der Waals surface area contributed by atoms with Gasteiger partial charge in [0.2, 0.25) is 0 Å². The number of hydrogen-bond donors (Lipinski definition) is 0. The van der Waals surface area contributed by atoms with Gasteiger partial charge in [0.25, 0.3) is 0 Å². The monoisotopic (exact) mass is 354 g/mol. The predicted molar refractivity (Wildman–Crippen MR) is 111 cm³/mol. The number of rotatable bonds is 5. The molecule has 0 heterocycles. The number of carbonyl (C=O) groups is 1. The van der Waals surface area contributed by atoms with E-state index < -0.39 is 0 Å². The maximum Gasteiger partial charge on any atom is 0.343 e. The molecule has 134 valence electrons. The van der Waals surface area contributed by atoms with E-state index >= 15 is 0 Å². The normalized spacial score (nSPS) is 11.0. The van der Waals surface area contributed by atoms with Crippen molar-refractivity contribution >= 4 is 27.5 Å². The van der Waals surface area contributed by atoms with Crippen LogP contribution in [0.3, 0.4) is 0 Å². The van der Waals surface area contributed by atoms with Crippen LogP contribution in [0.25, 0.3) is 21.5 Å². The summed E-state index contributed by atoms with van der Waals surface area (Å²) in [4.78, 5) is 12.6. The zero-order chi connectivity index (χ0) is 18.6. The quantitative estimate of drug-likeness (QED) is 0.231. The van der Waals surface area contributed by atoms with Crippen LogP contribution >= 0.6 is 0 Å². The fraction of sp³-hybridized carbons (Fsp3) is 0.160. The highest BCUT2D eigenvalue weighted by atomic mass is 16.5. The van der Waals surface area contributed by atoms with Gasteiger partial charge in [-0.2, -0.15) is 0 Å². The summed E-state index contributed by atoms with van der Waals surface area (Å²) in [5.74, 6) is 0.274. The molecule has 0 amide bonds. The lowest BCUT2D eigenvalue weighted by Gasteiger charge is -2.10. The number of unbranched alkanes of at least 4 members (excludes halogenated alkanes) is 1. The fourth-order valence-electron chi connectivity index (χ4n) is 3.37. The fourth-order valence-corrected chi connectivity index (χ4v) is 3.37. The first-order valence-electron chi connectivity index (χ1n) is 9.47. The van der Waals surface area contributed by atoms with Crippen molar-refractivity contribution < 1.29 is 9.53 Å². The number of carbonyl (C=O) groups excluding carboxylic acids is 1. The van der Waals surface area contributed by atoms with Crippen molar-refractivity contribution in [3.8, 4) is 5.75 Å². The third-order valence-corrected chi connectivity index (χ3v) is 4.92. The number of hydrogen-bond acceptors (Lipinski definition) is 2. The van der Waals surface area contributed by atoms with E-state index in [1.807, 2.05) is 54.6 Å². The van der Waals surface area contributed by atoms with Crippen molar-refractivity contribution in [1.29, 1.82) is 0 Å². The molecule has 0 radical (unpaired) electrons. The second-order valence-corrected chi connectivity index (χ2v) is 6.87. The Hall–Kier alpha value is -3.13. The molecule has 0 aliphatic rings. The van der Waals surface area contributed by atoms with Gasteiger partial charge < -0.3 is 4.74 Å². The first kappa shape index (κ1) is 17.3. The largest absolute Gasteiger partial charge is 0.422 e. The Morgan fingerprint density at radius 1 is 0.815 bits per heavy atom. The Balaban J connectivity index is 1.62. The molecule has 4 rings (SSSR count). The smallest absolute Gasteiger partial charge is 0.343 e. The summed E-state index contributed by atoms with van der Waals surface area (Å²) in [5, 5.41) is 4.32. The first-order chi connectivity index (χ1) is 13.2. The van der Waals surface area contributed by atoms with Crippen LogP contribution in [0.4, 0.5) is 0 Å². The molecule has 2 heteroatoms. The molecule has 0 aromatic heterocycles. The molecule has 0 spiro atoms. The minimum atomic E-state index is -0.322. The molecule has 4 aromatic carbocycles. The average molecular weight is 354 g/mol. The second-order valence-electron chi connectivity index (χ2n) is 6.87. The molecule has 0 atom stereocenters. The van der Waals surface area contributed by atoms with Crippen molar-refractivity contribution in [1.82, 2.24) is 0 Å². The number of ether oxygens (including phenoxy) is 1. The van der Waals surface area contributed by atoms with Crippen LogP contribution in [-0.2, 0) is 6.42 Å². The van der Waals surface area contributed by atoms with Crippen LogP contribution in [-0.4, -0.2) is 5.97 Å². The molecule has 0 aliphatic carbocycles. The zero-order valence-electron chi connectivity index (χ0n) is 15.4. The van der Waals surface area contributed by atoms with E-state index in [0.717, 1.165) is 29.0 Å². The highest BCUT2D eigenvalue weighted by Gasteiger charge is 2.11. The molecule has 27 heavy (non-hydrogen) atoms. The van der Waals surface area contributed by atoms with E-state index in [0.29, 0.717) is 11.3 Å². The average Bonchev–Trinajstić information content (AvgIpc) is 2.71. The van der Waals surface area contributed by atoms with E-state index in [4.69, 9.17) is 4.74 Å². The van der Waals surface area contributed by atoms with Gasteiger partial charge in [-0.15, -0.1) is 0 Å². The molecule has 2 nitrogen and oxygen atoms in total. The van der Waals surface area contributed by atoms with E-state index in [9.17, 15) is 4.79 Å². The molecule has 4 aromatic rings. The summed E-state index contributed by atoms with van der Waals surface area (Å²) >= 11 is 0. The molecule has 0 fully saturated rings. The zero-order valence-corrected chi connectivity index (χ0v) is 15.4. The van der Waals surface area contributed by atoms with Crippen molar-refractivity contribution in [2.24, 2.45) is 0 Å². The lowest BCUT2D eigenvalue weighted by Crippen LogP contribution is -2.08. The third kappa shape index (κ3) is 3.70. The summed E-state index contributed by atoms with van der Waals surface area (Å²) in [7, 11) is 0. The van der Waals surface area contributed by atoms with Gasteiger partial charge in [-0.25, -0.2) is 4.79 Å². The van der Waals surface area contributed by atoms with E-state index in [2.05, 4.69) is 31.2 Å². The highest BCUT2D eigenvalue weighted by Crippen LogP contribution is 2.30. The third-order valence-electron chi connectivity index (χ3n) is 4.92. The molecule has 0 bridgehead atoms. The van der Waals surface area contributed by atoms with Crippen LogP contribution in [0.1, 0.15) is 35.7 Å². The Morgan fingerprint density at radius 3 is 2.26 bits per heavy atom. The van der Waals surface area contributed by atoms with Crippen molar-refractivity contribution in [3.63, 3.8) is 0 Å². The molecular formula is C25H22O2. The van der Waals surface area contributed by atoms with Gasteiger partial charge in [0.1, 0.15) is 5.75 Å². The number of aryl methyl sites for hydroxylation is 1. The maximum absolute atomic E-state index is 12.6. The molecular weight excluding hydrogens is 332 g/mol. The predicted octanol–water partition coefficient (Wildman–Crippen LogP) is 6.55. The number of esters is 1. The minimum absolute atomic E-state index is 0.322. The molecule has 0 aliphatic heterocycles. The van der Waals surface area contributed by atoms with E-state index in [1.54, 1.807) is 0 Å². The molecule has 0 saturated carbocycles. The Kier molecular flexibility index (Phi) is 4.88. The summed E-state index contributed by atoms with van der Waals surface area (Å²) < 4.78 is 5.74. The number of fused-ring (bicyclic) bond motifs is 2. The SMILES string of the molecule is CCCCc1ccc(C(=O)Oc2cccc3cc4ccccc4cc23)cc1. The Labute approximate surface area is 159 Å². The minimum Gasteiger partial charge on any atom is -0.422 e. The van der Waals surface area contributed by atoms with Gasteiger partial charge in [-0.1, -0.05) is 61.9 Å². The van der Waals surface area contributed by atoms with Gasteiger partial charge in [0, 0.05) is 5.39 Å². The van der Waals surface area contributed by atoms with Crippen LogP contribution < -0.4 is 4.74 Å². The van der Waals surface area contributed by atoms with Gasteiger partial charge in [0.05, 0.1) is 5.56 Å². The Bertz CT molecular complexity index is 1090. The topological polar surface area (TPSA) is 26.3 Å². The highest BCUT2D eigenvalue weighted by molar-refractivity contribution is 6.02. The summed E-state index contributed by atoms with van der Waals surface area (Å²) in [6.45, 7) is 2.18. The van der Waals surface area contributed by atoms with E-state index in [1.165, 1.54) is 17.4 Å². The van der Waals surface area contributed by atoms with Gasteiger partial charge >= 0.3 is 5.97 Å². The van der Waals surface area contributed by atoms with Gasteiger partial charge in [-0.3, -0.25) is 0 Å². The lowest BCUT2D eigenvalue weighted by atomic mass is 10.0. The van der Waals surface area contributed by atoms with Crippen molar-refractivity contribution in [3.05, 3.63) is 90.0 Å².